The number of allylic oxidation sites excluding steroid dienone is 1. The van der Waals surface area contributed by atoms with E-state index in [1.165, 1.54) is 7.11 Å². The van der Waals surface area contributed by atoms with Crippen LogP contribution < -0.4 is 10.6 Å². The van der Waals surface area contributed by atoms with Crippen molar-refractivity contribution in [1.29, 1.82) is 0 Å². The normalized spacial score (nSPS) is 11.2. The van der Waals surface area contributed by atoms with Crippen LogP contribution in [0.15, 0.2) is 43.0 Å². The Balaban J connectivity index is 2.10. The van der Waals surface area contributed by atoms with Crippen LogP contribution >= 0.6 is 0 Å². The Morgan fingerprint density at radius 2 is 1.89 bits per heavy atom. The number of methoxy groups -OCH3 is 1. The molecule has 0 bridgehead atoms. The minimum absolute atomic E-state index is 0.185. The molecule has 0 heterocycles. The van der Waals surface area contributed by atoms with Crippen molar-refractivity contribution in [2.75, 3.05) is 13.7 Å². The van der Waals surface area contributed by atoms with E-state index < -0.39 is 18.1 Å². The van der Waals surface area contributed by atoms with Gasteiger partial charge in [-0.15, -0.1) is 6.58 Å². The molecule has 0 aliphatic heterocycles. The lowest BCUT2D eigenvalue weighted by Crippen LogP contribution is -2.41. The lowest BCUT2D eigenvalue weighted by molar-refractivity contribution is -0.145. The molecule has 0 saturated heterocycles. The summed E-state index contributed by atoms with van der Waals surface area (Å²) in [6.45, 7) is 4.33. The van der Waals surface area contributed by atoms with Gasteiger partial charge in [-0.25, -0.2) is 9.59 Å². The van der Waals surface area contributed by atoms with E-state index in [4.69, 9.17) is 9.47 Å². The smallest absolute Gasteiger partial charge is 0.407 e. The van der Waals surface area contributed by atoms with Crippen LogP contribution in [0.3, 0.4) is 0 Å². The molecule has 0 aliphatic carbocycles. The summed E-state index contributed by atoms with van der Waals surface area (Å²) in [5, 5.41) is 5.38. The standard InChI is InChI=1S/C21H30N2O5/c1-3-4-13-18(20(25)27-2)23-19(24)14-9-6-10-15-22-21(26)28-16-17-11-7-5-8-12-17/h3,5,7-8,11-12,18H,1,4,6,9-10,13-16H2,2H3,(H,22,26)(H,23,24)/t18-/m0/s1. The van der Waals surface area contributed by atoms with Gasteiger partial charge in [0.2, 0.25) is 5.91 Å². The SMILES string of the molecule is C=CCC[C@H](NC(=O)CCCCCNC(=O)OCc1ccccc1)C(=O)OC. The third kappa shape index (κ3) is 10.4. The van der Waals surface area contributed by atoms with E-state index in [1.807, 2.05) is 30.3 Å². The first-order valence-corrected chi connectivity index (χ1v) is 9.49. The Hall–Kier alpha value is -2.83. The molecule has 1 aromatic rings. The molecular formula is C21H30N2O5. The molecule has 0 aromatic heterocycles. The molecule has 7 nitrogen and oxygen atoms in total. The number of rotatable bonds is 13. The van der Waals surface area contributed by atoms with E-state index >= 15 is 0 Å². The van der Waals surface area contributed by atoms with Crippen LogP contribution in [-0.4, -0.2) is 37.7 Å². The maximum atomic E-state index is 12.0. The predicted octanol–water partition coefficient (Wildman–Crippen LogP) is 3.10. The highest BCUT2D eigenvalue weighted by Gasteiger charge is 2.20. The fraction of sp³-hybridized carbons (Fsp3) is 0.476. The quantitative estimate of drug-likeness (QED) is 0.307. The minimum Gasteiger partial charge on any atom is -0.467 e. The van der Waals surface area contributed by atoms with Crippen LogP contribution in [0.5, 0.6) is 0 Å². The lowest BCUT2D eigenvalue weighted by atomic mass is 10.1. The van der Waals surface area contributed by atoms with E-state index in [1.54, 1.807) is 6.08 Å². The van der Waals surface area contributed by atoms with Gasteiger partial charge in [-0.1, -0.05) is 42.8 Å². The van der Waals surface area contributed by atoms with Crippen molar-refractivity contribution in [1.82, 2.24) is 10.6 Å². The van der Waals surface area contributed by atoms with Crippen molar-refractivity contribution in [3.63, 3.8) is 0 Å². The molecule has 7 heteroatoms. The predicted molar refractivity (Wildman–Crippen MR) is 106 cm³/mol. The summed E-state index contributed by atoms with van der Waals surface area (Å²) in [6.07, 6.45) is 4.84. The first-order valence-electron chi connectivity index (χ1n) is 9.49. The third-order valence-corrected chi connectivity index (χ3v) is 4.04. The first kappa shape index (κ1) is 23.2. The van der Waals surface area contributed by atoms with Crippen LogP contribution in [0, 0.1) is 0 Å². The summed E-state index contributed by atoms with van der Waals surface area (Å²) in [5.74, 6) is -0.636. The average Bonchev–Trinajstić information content (AvgIpc) is 2.72. The van der Waals surface area contributed by atoms with Gasteiger partial charge in [0, 0.05) is 13.0 Å². The number of nitrogens with one attached hydrogen (secondary N) is 2. The Kier molecular flexibility index (Phi) is 11.8. The van der Waals surface area contributed by atoms with Gasteiger partial charge < -0.3 is 20.1 Å². The highest BCUT2D eigenvalue weighted by molar-refractivity contribution is 5.84. The van der Waals surface area contributed by atoms with Gasteiger partial charge >= 0.3 is 12.1 Å². The number of carbonyl (C=O) groups excluding carboxylic acids is 3. The van der Waals surface area contributed by atoms with Crippen molar-refractivity contribution in [2.45, 2.75) is 51.2 Å². The molecule has 0 saturated carbocycles. The maximum Gasteiger partial charge on any atom is 0.407 e. The van der Waals surface area contributed by atoms with Crippen molar-refractivity contribution in [3.8, 4) is 0 Å². The zero-order chi connectivity index (χ0) is 20.6. The summed E-state index contributed by atoms with van der Waals surface area (Å²) in [6, 6.07) is 8.82. The van der Waals surface area contributed by atoms with E-state index in [2.05, 4.69) is 17.2 Å². The zero-order valence-electron chi connectivity index (χ0n) is 16.4. The molecular weight excluding hydrogens is 360 g/mol. The van der Waals surface area contributed by atoms with E-state index in [0.29, 0.717) is 32.2 Å². The molecule has 2 amide bonds. The molecule has 1 aromatic carbocycles. The molecule has 0 spiro atoms. The van der Waals surface area contributed by atoms with E-state index in [9.17, 15) is 14.4 Å². The number of unbranched alkanes of at least 4 members (excludes halogenated alkanes) is 2. The van der Waals surface area contributed by atoms with Gasteiger partial charge in [0.1, 0.15) is 12.6 Å². The monoisotopic (exact) mass is 390 g/mol. The van der Waals surface area contributed by atoms with Crippen LogP contribution in [0.25, 0.3) is 0 Å². The Bertz CT molecular complexity index is 618. The molecule has 28 heavy (non-hydrogen) atoms. The minimum atomic E-state index is -0.642. The van der Waals surface area contributed by atoms with E-state index in [0.717, 1.165) is 18.4 Å². The van der Waals surface area contributed by atoms with Crippen molar-refractivity contribution >= 4 is 18.0 Å². The highest BCUT2D eigenvalue weighted by atomic mass is 16.5. The van der Waals surface area contributed by atoms with Gasteiger partial charge in [-0.05, 0) is 31.2 Å². The van der Waals surface area contributed by atoms with Crippen molar-refractivity contribution in [3.05, 3.63) is 48.6 Å². The topological polar surface area (TPSA) is 93.7 Å². The lowest BCUT2D eigenvalue weighted by Gasteiger charge is -2.15. The summed E-state index contributed by atoms with van der Waals surface area (Å²) >= 11 is 0. The molecule has 1 atom stereocenters. The summed E-state index contributed by atoms with van der Waals surface area (Å²) in [5.41, 5.74) is 0.932. The first-order chi connectivity index (χ1) is 13.6. The summed E-state index contributed by atoms with van der Waals surface area (Å²) in [7, 11) is 1.30. The van der Waals surface area contributed by atoms with Crippen molar-refractivity contribution < 1.29 is 23.9 Å². The number of esters is 1. The number of alkyl carbamates (subject to hydrolysis) is 1. The Morgan fingerprint density at radius 3 is 2.57 bits per heavy atom. The van der Waals surface area contributed by atoms with Crippen LogP contribution in [-0.2, 0) is 25.7 Å². The number of hydrogen-bond acceptors (Lipinski definition) is 5. The van der Waals surface area contributed by atoms with E-state index in [-0.39, 0.29) is 12.5 Å². The number of ether oxygens (including phenoxy) is 2. The Labute approximate surface area is 166 Å². The fourth-order valence-electron chi connectivity index (χ4n) is 2.49. The van der Waals surface area contributed by atoms with Gasteiger partial charge in [-0.2, -0.15) is 0 Å². The van der Waals surface area contributed by atoms with Crippen LogP contribution in [0.2, 0.25) is 0 Å². The summed E-state index contributed by atoms with van der Waals surface area (Å²) < 4.78 is 9.82. The number of amides is 2. The highest BCUT2D eigenvalue weighted by Crippen LogP contribution is 2.04. The largest absolute Gasteiger partial charge is 0.467 e. The van der Waals surface area contributed by atoms with Gasteiger partial charge in [-0.3, -0.25) is 4.79 Å². The fourth-order valence-corrected chi connectivity index (χ4v) is 2.49. The molecule has 1 rings (SSSR count). The van der Waals surface area contributed by atoms with Gasteiger partial charge in [0.15, 0.2) is 0 Å². The van der Waals surface area contributed by atoms with Crippen LogP contribution in [0.1, 0.15) is 44.1 Å². The summed E-state index contributed by atoms with van der Waals surface area (Å²) in [4.78, 5) is 35.2. The second-order valence-electron chi connectivity index (χ2n) is 6.31. The molecule has 0 unspecified atom stereocenters. The molecule has 0 aliphatic rings. The molecule has 2 N–H and O–H groups in total. The Morgan fingerprint density at radius 1 is 1.14 bits per heavy atom. The number of hydrogen-bond donors (Lipinski definition) is 2. The second-order valence-corrected chi connectivity index (χ2v) is 6.31. The van der Waals surface area contributed by atoms with Gasteiger partial charge in [0.05, 0.1) is 7.11 Å². The third-order valence-electron chi connectivity index (χ3n) is 4.04. The number of benzene rings is 1. The van der Waals surface area contributed by atoms with Crippen LogP contribution in [0.4, 0.5) is 4.79 Å². The second kappa shape index (κ2) is 14.3. The van der Waals surface area contributed by atoms with Crippen molar-refractivity contribution in [2.24, 2.45) is 0 Å². The molecule has 0 fully saturated rings. The average molecular weight is 390 g/mol. The zero-order valence-corrected chi connectivity index (χ0v) is 16.4. The molecule has 0 radical (unpaired) electrons. The molecule has 154 valence electrons. The van der Waals surface area contributed by atoms with Gasteiger partial charge in [0.25, 0.3) is 0 Å². The number of carbonyl (C=O) groups is 3. The maximum absolute atomic E-state index is 12.0.